The highest BCUT2D eigenvalue weighted by molar-refractivity contribution is 5.91. The zero-order valence-electron chi connectivity index (χ0n) is 19.8. The van der Waals surface area contributed by atoms with Crippen LogP contribution in [0.3, 0.4) is 0 Å². The van der Waals surface area contributed by atoms with Crippen molar-refractivity contribution in [2.75, 3.05) is 20.2 Å². The van der Waals surface area contributed by atoms with E-state index in [0.717, 1.165) is 35.1 Å². The summed E-state index contributed by atoms with van der Waals surface area (Å²) < 4.78 is 17.3. The van der Waals surface area contributed by atoms with Crippen LogP contribution < -0.4 is 14.8 Å². The third kappa shape index (κ3) is 4.62. The Balaban J connectivity index is 1.29. The molecule has 0 spiro atoms. The highest BCUT2D eigenvalue weighted by Gasteiger charge is 2.50. The van der Waals surface area contributed by atoms with Gasteiger partial charge >= 0.3 is 6.09 Å². The van der Waals surface area contributed by atoms with Gasteiger partial charge in [0.25, 0.3) is 5.91 Å². The molecule has 3 aromatic rings. The van der Waals surface area contributed by atoms with Crippen LogP contribution in [0.15, 0.2) is 47.0 Å². The smallest absolute Gasteiger partial charge is 0.407 e. The molecule has 9 nitrogen and oxygen atoms in total. The lowest BCUT2D eigenvalue weighted by Gasteiger charge is -2.26. The molecule has 1 aliphatic heterocycles. The molecule has 2 aromatic carbocycles. The number of hydrogen-bond donors (Lipinski definition) is 2. The summed E-state index contributed by atoms with van der Waals surface area (Å²) in [6.45, 7) is 3.04. The van der Waals surface area contributed by atoms with E-state index in [-0.39, 0.29) is 35.6 Å². The second-order valence-corrected chi connectivity index (χ2v) is 9.20. The molecule has 2 heterocycles. The lowest BCUT2D eigenvalue weighted by Crippen LogP contribution is -2.39. The van der Waals surface area contributed by atoms with E-state index >= 15 is 0 Å². The Kier molecular flexibility index (Phi) is 6.23. The number of ether oxygens (including phenoxy) is 2. The van der Waals surface area contributed by atoms with E-state index < -0.39 is 6.09 Å². The number of likely N-dealkylation sites (tertiary alicyclic amines) is 1. The number of fused-ring (bicyclic) bond motifs is 2. The van der Waals surface area contributed by atoms with Gasteiger partial charge in [0.1, 0.15) is 17.3 Å². The molecule has 1 saturated carbocycles. The molecule has 5 rings (SSSR count). The van der Waals surface area contributed by atoms with Gasteiger partial charge < -0.3 is 29.3 Å². The molecule has 2 aliphatic rings. The zero-order valence-corrected chi connectivity index (χ0v) is 19.8. The standard InChI is InChI=1S/C26H29N3O6/c1-3-33-18-6-4-15-5-7-19(9-16(15)8-18)34-20-10-17-14-29(26(31)32)24(22(17)11-20)13-21-12-23(28-35-21)25(30)27-2/h4-9,12,17,20,22,24H,3,10-11,13-14H2,1-2H3,(H,27,30)(H,31,32)/t17-,20-,22-,24?/m0/s1. The van der Waals surface area contributed by atoms with Gasteiger partial charge in [-0.25, -0.2) is 4.79 Å². The summed E-state index contributed by atoms with van der Waals surface area (Å²) in [6.07, 6.45) is 0.995. The summed E-state index contributed by atoms with van der Waals surface area (Å²) in [5.41, 5.74) is 0.190. The largest absolute Gasteiger partial charge is 0.494 e. The number of aromatic nitrogens is 1. The topological polar surface area (TPSA) is 114 Å². The van der Waals surface area contributed by atoms with E-state index in [4.69, 9.17) is 14.0 Å². The van der Waals surface area contributed by atoms with Gasteiger partial charge in [-0.2, -0.15) is 0 Å². The van der Waals surface area contributed by atoms with Gasteiger partial charge in [-0.05, 0) is 66.6 Å². The van der Waals surface area contributed by atoms with Crippen molar-refractivity contribution in [3.05, 3.63) is 53.9 Å². The predicted molar refractivity (Wildman–Crippen MR) is 128 cm³/mol. The van der Waals surface area contributed by atoms with Crippen molar-refractivity contribution in [3.63, 3.8) is 0 Å². The van der Waals surface area contributed by atoms with Gasteiger partial charge in [-0.1, -0.05) is 17.3 Å². The van der Waals surface area contributed by atoms with Crippen LogP contribution in [0.5, 0.6) is 11.5 Å². The van der Waals surface area contributed by atoms with Crippen LogP contribution in [0.4, 0.5) is 4.79 Å². The van der Waals surface area contributed by atoms with E-state index in [1.807, 2.05) is 43.3 Å². The first kappa shape index (κ1) is 23.0. The Morgan fingerprint density at radius 1 is 1.14 bits per heavy atom. The van der Waals surface area contributed by atoms with Crippen LogP contribution in [-0.4, -0.2) is 59.5 Å². The number of rotatable bonds is 7. The van der Waals surface area contributed by atoms with Crippen LogP contribution in [0.2, 0.25) is 0 Å². The number of nitrogens with one attached hydrogen (secondary N) is 1. The lowest BCUT2D eigenvalue weighted by atomic mass is 9.91. The quantitative estimate of drug-likeness (QED) is 0.527. The second-order valence-electron chi connectivity index (χ2n) is 9.20. The molecule has 0 radical (unpaired) electrons. The number of carbonyl (C=O) groups excluding carboxylic acids is 1. The van der Waals surface area contributed by atoms with Crippen molar-refractivity contribution in [1.82, 2.24) is 15.4 Å². The van der Waals surface area contributed by atoms with Crippen LogP contribution in [0, 0.1) is 11.8 Å². The molecule has 1 unspecified atom stereocenters. The van der Waals surface area contributed by atoms with Crippen LogP contribution >= 0.6 is 0 Å². The fourth-order valence-corrected chi connectivity index (χ4v) is 5.56. The number of benzene rings is 2. The Labute approximate surface area is 203 Å². The Bertz CT molecular complexity index is 1240. The highest BCUT2D eigenvalue weighted by Crippen LogP contribution is 2.45. The summed E-state index contributed by atoms with van der Waals surface area (Å²) >= 11 is 0. The Hall–Kier alpha value is -3.75. The summed E-state index contributed by atoms with van der Waals surface area (Å²) in [4.78, 5) is 25.2. The lowest BCUT2D eigenvalue weighted by molar-refractivity contribution is 0.0954. The normalized spacial score (nSPS) is 23.3. The van der Waals surface area contributed by atoms with Gasteiger partial charge in [-0.15, -0.1) is 0 Å². The van der Waals surface area contributed by atoms with Crippen LogP contribution in [0.1, 0.15) is 36.0 Å². The fraction of sp³-hybridized carbons (Fsp3) is 0.423. The van der Waals surface area contributed by atoms with E-state index in [9.17, 15) is 14.7 Å². The van der Waals surface area contributed by atoms with Crippen molar-refractivity contribution in [3.8, 4) is 11.5 Å². The van der Waals surface area contributed by atoms with E-state index in [2.05, 4.69) is 10.5 Å². The first-order valence-corrected chi connectivity index (χ1v) is 12.0. The summed E-state index contributed by atoms with van der Waals surface area (Å²) in [6, 6.07) is 13.4. The molecule has 1 aromatic heterocycles. The molecule has 9 heteroatoms. The third-order valence-electron chi connectivity index (χ3n) is 7.10. The number of amides is 2. The minimum absolute atomic E-state index is 0.00660. The molecule has 1 aliphatic carbocycles. The maximum absolute atomic E-state index is 11.9. The average molecular weight is 480 g/mol. The second kappa shape index (κ2) is 9.48. The number of nitrogens with zero attached hydrogens (tertiary/aromatic N) is 2. The molecular weight excluding hydrogens is 450 g/mol. The van der Waals surface area contributed by atoms with Gasteiger partial charge in [0, 0.05) is 32.1 Å². The Morgan fingerprint density at radius 3 is 2.66 bits per heavy atom. The summed E-state index contributed by atoms with van der Waals surface area (Å²) in [7, 11) is 1.52. The van der Waals surface area contributed by atoms with Crippen molar-refractivity contribution in [1.29, 1.82) is 0 Å². The van der Waals surface area contributed by atoms with E-state index in [1.54, 1.807) is 6.07 Å². The molecule has 0 bridgehead atoms. The number of carbonyl (C=O) groups is 2. The summed E-state index contributed by atoms with van der Waals surface area (Å²) in [5.74, 6) is 2.16. The monoisotopic (exact) mass is 479 g/mol. The molecule has 2 fully saturated rings. The van der Waals surface area contributed by atoms with Crippen LogP contribution in [0.25, 0.3) is 10.8 Å². The van der Waals surface area contributed by atoms with Crippen molar-refractivity contribution >= 4 is 22.8 Å². The van der Waals surface area contributed by atoms with Crippen molar-refractivity contribution in [2.45, 2.75) is 38.3 Å². The minimum Gasteiger partial charge on any atom is -0.494 e. The third-order valence-corrected chi connectivity index (χ3v) is 7.10. The molecule has 2 N–H and O–H groups in total. The fourth-order valence-electron chi connectivity index (χ4n) is 5.56. The first-order valence-electron chi connectivity index (χ1n) is 12.0. The molecule has 35 heavy (non-hydrogen) atoms. The van der Waals surface area contributed by atoms with Crippen molar-refractivity contribution < 1.29 is 28.7 Å². The minimum atomic E-state index is -0.937. The SMILES string of the molecule is CCOc1ccc2ccc(O[C@H]3C[C@H]4CN(C(=O)O)C(Cc5cc(C(=O)NC)no5)[C@H]4C3)cc2c1. The predicted octanol–water partition coefficient (Wildman–Crippen LogP) is 3.96. The number of hydrogen-bond acceptors (Lipinski definition) is 6. The number of carboxylic acid groups (broad SMARTS) is 1. The van der Waals surface area contributed by atoms with Gasteiger partial charge in [0.05, 0.1) is 12.7 Å². The van der Waals surface area contributed by atoms with Gasteiger partial charge in [-0.3, -0.25) is 4.79 Å². The summed E-state index contributed by atoms with van der Waals surface area (Å²) in [5, 5.41) is 18.3. The molecule has 2 amide bonds. The van der Waals surface area contributed by atoms with Gasteiger partial charge in [0.2, 0.25) is 0 Å². The van der Waals surface area contributed by atoms with E-state index in [1.165, 1.54) is 11.9 Å². The average Bonchev–Trinajstić information content (AvgIpc) is 3.55. The maximum atomic E-state index is 11.9. The maximum Gasteiger partial charge on any atom is 0.407 e. The molecular formula is C26H29N3O6. The van der Waals surface area contributed by atoms with Gasteiger partial charge in [0.15, 0.2) is 5.69 Å². The molecule has 184 valence electrons. The first-order chi connectivity index (χ1) is 16.9. The zero-order chi connectivity index (χ0) is 24.5. The van der Waals surface area contributed by atoms with E-state index in [0.29, 0.717) is 25.3 Å². The molecule has 4 atom stereocenters. The van der Waals surface area contributed by atoms with Crippen LogP contribution in [-0.2, 0) is 6.42 Å². The Morgan fingerprint density at radius 2 is 1.91 bits per heavy atom. The highest BCUT2D eigenvalue weighted by atomic mass is 16.5. The van der Waals surface area contributed by atoms with Crippen molar-refractivity contribution in [2.24, 2.45) is 11.8 Å². The molecule has 1 saturated heterocycles.